The van der Waals surface area contributed by atoms with Gasteiger partial charge in [0.15, 0.2) is 5.78 Å². The standard InChI is InChI=1S/C9H9NOS/c10-5-9(11)8-3-1-2-7(4-8)6-12/h1-4,6H,5,10H2. The molecule has 0 aliphatic carbocycles. The molecule has 0 aromatic heterocycles. The molecule has 0 fully saturated rings. The van der Waals surface area contributed by atoms with Gasteiger partial charge in [0.25, 0.3) is 0 Å². The summed E-state index contributed by atoms with van der Waals surface area (Å²) in [6, 6.07) is 7.11. The van der Waals surface area contributed by atoms with Crippen molar-refractivity contribution in [3.8, 4) is 0 Å². The van der Waals surface area contributed by atoms with Crippen molar-refractivity contribution in [1.29, 1.82) is 0 Å². The molecule has 62 valence electrons. The summed E-state index contributed by atoms with van der Waals surface area (Å²) < 4.78 is 0. The Labute approximate surface area is 76.4 Å². The molecule has 0 atom stereocenters. The van der Waals surface area contributed by atoms with E-state index < -0.39 is 0 Å². The smallest absolute Gasteiger partial charge is 0.176 e. The normalized spacial score (nSPS) is 9.42. The zero-order valence-electron chi connectivity index (χ0n) is 6.49. The minimum Gasteiger partial charge on any atom is -0.324 e. The van der Waals surface area contributed by atoms with Crippen LogP contribution in [0.15, 0.2) is 24.3 Å². The minimum absolute atomic E-state index is 0.0425. The number of rotatable bonds is 3. The van der Waals surface area contributed by atoms with Crippen LogP contribution in [-0.4, -0.2) is 17.7 Å². The van der Waals surface area contributed by atoms with Crippen LogP contribution in [0.3, 0.4) is 0 Å². The molecule has 12 heavy (non-hydrogen) atoms. The summed E-state index contributed by atoms with van der Waals surface area (Å²) in [6.45, 7) is 0.0425. The predicted molar refractivity (Wildman–Crippen MR) is 52.6 cm³/mol. The van der Waals surface area contributed by atoms with Crippen LogP contribution in [0.4, 0.5) is 0 Å². The average Bonchev–Trinajstić information content (AvgIpc) is 2.17. The molecule has 0 bridgehead atoms. The van der Waals surface area contributed by atoms with E-state index in [1.54, 1.807) is 18.2 Å². The highest BCUT2D eigenvalue weighted by molar-refractivity contribution is 7.79. The van der Waals surface area contributed by atoms with Crippen molar-refractivity contribution in [2.24, 2.45) is 5.73 Å². The van der Waals surface area contributed by atoms with Crippen molar-refractivity contribution in [2.75, 3.05) is 6.54 Å². The van der Waals surface area contributed by atoms with Crippen molar-refractivity contribution in [1.82, 2.24) is 0 Å². The van der Waals surface area contributed by atoms with E-state index in [1.807, 2.05) is 6.07 Å². The lowest BCUT2D eigenvalue weighted by Gasteiger charge is -1.97. The van der Waals surface area contributed by atoms with Crippen molar-refractivity contribution >= 4 is 23.4 Å². The van der Waals surface area contributed by atoms with Gasteiger partial charge in [-0.3, -0.25) is 4.79 Å². The first-order valence-electron chi connectivity index (χ1n) is 3.56. The molecule has 0 saturated carbocycles. The molecule has 1 aromatic rings. The lowest BCUT2D eigenvalue weighted by atomic mass is 10.1. The van der Waals surface area contributed by atoms with Crippen LogP contribution >= 0.6 is 12.2 Å². The number of carbonyl (C=O) groups is 1. The second-order valence-corrected chi connectivity index (χ2v) is 2.61. The van der Waals surface area contributed by atoms with E-state index in [4.69, 9.17) is 18.0 Å². The van der Waals surface area contributed by atoms with E-state index in [-0.39, 0.29) is 12.3 Å². The largest absolute Gasteiger partial charge is 0.324 e. The maximum absolute atomic E-state index is 11.1. The van der Waals surface area contributed by atoms with Crippen LogP contribution in [0.2, 0.25) is 0 Å². The van der Waals surface area contributed by atoms with Crippen molar-refractivity contribution in [3.05, 3.63) is 35.4 Å². The molecule has 0 heterocycles. The fourth-order valence-electron chi connectivity index (χ4n) is 0.903. The Morgan fingerprint density at radius 2 is 2.33 bits per heavy atom. The highest BCUT2D eigenvalue weighted by atomic mass is 32.1. The van der Waals surface area contributed by atoms with Gasteiger partial charge < -0.3 is 5.73 Å². The molecule has 0 saturated heterocycles. The first-order chi connectivity index (χ1) is 5.77. The van der Waals surface area contributed by atoms with Crippen LogP contribution < -0.4 is 5.73 Å². The van der Waals surface area contributed by atoms with Gasteiger partial charge in [0, 0.05) is 10.9 Å². The maximum atomic E-state index is 11.1. The molecule has 2 nitrogen and oxygen atoms in total. The average molecular weight is 179 g/mol. The summed E-state index contributed by atoms with van der Waals surface area (Å²) >= 11 is 4.73. The summed E-state index contributed by atoms with van der Waals surface area (Å²) in [6.07, 6.45) is 0. The molecule has 0 aliphatic rings. The fraction of sp³-hybridized carbons (Fsp3) is 0.111. The van der Waals surface area contributed by atoms with Crippen molar-refractivity contribution < 1.29 is 4.79 Å². The Hall–Kier alpha value is -1.06. The van der Waals surface area contributed by atoms with Crippen molar-refractivity contribution in [2.45, 2.75) is 0 Å². The third kappa shape index (κ3) is 1.96. The van der Waals surface area contributed by atoms with E-state index >= 15 is 0 Å². The zero-order chi connectivity index (χ0) is 8.97. The highest BCUT2D eigenvalue weighted by Crippen LogP contribution is 2.03. The SMILES string of the molecule is NCC(=O)c1cccc(C=S)c1. The molecule has 1 rings (SSSR count). The summed E-state index contributed by atoms with van der Waals surface area (Å²) in [5, 5.41) is 1.54. The number of carbonyl (C=O) groups excluding carboxylic acids is 1. The van der Waals surface area contributed by atoms with E-state index in [1.165, 1.54) is 5.37 Å². The van der Waals surface area contributed by atoms with E-state index in [9.17, 15) is 4.79 Å². The summed E-state index contributed by atoms with van der Waals surface area (Å²) in [5.41, 5.74) is 6.70. The van der Waals surface area contributed by atoms with Gasteiger partial charge in [-0.1, -0.05) is 30.4 Å². The van der Waals surface area contributed by atoms with Gasteiger partial charge >= 0.3 is 0 Å². The Balaban J connectivity index is 3.01. The second-order valence-electron chi connectivity index (χ2n) is 2.37. The summed E-state index contributed by atoms with van der Waals surface area (Å²) in [5.74, 6) is -0.0614. The molecule has 0 spiro atoms. The number of thiocarbonyl (C=S) groups is 1. The van der Waals surface area contributed by atoms with Gasteiger partial charge in [0.2, 0.25) is 0 Å². The topological polar surface area (TPSA) is 43.1 Å². The number of benzene rings is 1. The molecule has 0 amide bonds. The second kappa shape index (κ2) is 4.09. The molecule has 2 N–H and O–H groups in total. The Morgan fingerprint density at radius 3 is 2.92 bits per heavy atom. The predicted octanol–water partition coefficient (Wildman–Crippen LogP) is 1.18. The number of nitrogens with two attached hydrogens (primary N) is 1. The summed E-state index contributed by atoms with van der Waals surface area (Å²) in [7, 11) is 0. The molecular formula is C9H9NOS. The van der Waals surface area contributed by atoms with Crippen LogP contribution in [0, 0.1) is 0 Å². The van der Waals surface area contributed by atoms with E-state index in [2.05, 4.69) is 0 Å². The molecule has 3 heteroatoms. The Morgan fingerprint density at radius 1 is 1.58 bits per heavy atom. The first kappa shape index (κ1) is 9.03. The van der Waals surface area contributed by atoms with Crippen molar-refractivity contribution in [3.63, 3.8) is 0 Å². The Kier molecular flexibility index (Phi) is 3.08. The quantitative estimate of drug-likeness (QED) is 0.559. The molecule has 0 aliphatic heterocycles. The summed E-state index contributed by atoms with van der Waals surface area (Å²) in [4.78, 5) is 11.1. The van der Waals surface area contributed by atoms with Crippen LogP contribution in [-0.2, 0) is 0 Å². The molecular weight excluding hydrogens is 170 g/mol. The van der Waals surface area contributed by atoms with Gasteiger partial charge in [-0.15, -0.1) is 0 Å². The Bertz CT molecular complexity index is 309. The monoisotopic (exact) mass is 179 g/mol. The zero-order valence-corrected chi connectivity index (χ0v) is 7.30. The highest BCUT2D eigenvalue weighted by Gasteiger charge is 2.01. The van der Waals surface area contributed by atoms with Gasteiger partial charge in [0.05, 0.1) is 6.54 Å². The number of hydrogen-bond donors (Lipinski definition) is 1. The van der Waals surface area contributed by atoms with Gasteiger partial charge in [-0.25, -0.2) is 0 Å². The third-order valence-electron chi connectivity index (χ3n) is 1.53. The number of hydrogen-bond acceptors (Lipinski definition) is 3. The first-order valence-corrected chi connectivity index (χ1v) is 4.03. The van der Waals surface area contributed by atoms with Gasteiger partial charge in [-0.2, -0.15) is 0 Å². The third-order valence-corrected chi connectivity index (χ3v) is 1.80. The van der Waals surface area contributed by atoms with Gasteiger partial charge in [0.1, 0.15) is 0 Å². The fourth-order valence-corrected chi connectivity index (χ4v) is 1.05. The van der Waals surface area contributed by atoms with Crippen LogP contribution in [0.1, 0.15) is 15.9 Å². The number of ketones is 1. The van der Waals surface area contributed by atoms with Crippen LogP contribution in [0.5, 0.6) is 0 Å². The van der Waals surface area contributed by atoms with Crippen LogP contribution in [0.25, 0.3) is 0 Å². The lowest BCUT2D eigenvalue weighted by molar-refractivity contribution is 0.100. The minimum atomic E-state index is -0.0614. The number of Topliss-reactive ketones (excluding diaryl/α,β-unsaturated/α-hetero) is 1. The van der Waals surface area contributed by atoms with E-state index in [0.717, 1.165) is 5.56 Å². The van der Waals surface area contributed by atoms with Gasteiger partial charge in [-0.05, 0) is 11.6 Å². The lowest BCUT2D eigenvalue weighted by Crippen LogP contribution is -2.13. The van der Waals surface area contributed by atoms with E-state index in [0.29, 0.717) is 5.56 Å². The molecule has 0 radical (unpaired) electrons. The maximum Gasteiger partial charge on any atom is 0.176 e. The molecule has 0 unspecified atom stereocenters. The molecule has 1 aromatic carbocycles.